The monoisotopic (exact) mass is 340 g/mol. The lowest BCUT2D eigenvalue weighted by atomic mass is 9.77. The van der Waals surface area contributed by atoms with E-state index in [0.717, 1.165) is 0 Å². The standard InChI is InChI=1S/C14H13FN2O7/c1-2-24-13(19)14(5-3-4-12(14)18)8-6-9(15)11(17(22)23)7-10(8)16(20)21/h6-7H,2-5H2,1H3/t14-/m0/s1. The largest absolute Gasteiger partial charge is 0.465 e. The zero-order valence-electron chi connectivity index (χ0n) is 12.6. The second kappa shape index (κ2) is 6.30. The highest BCUT2D eigenvalue weighted by Crippen LogP contribution is 2.45. The SMILES string of the molecule is CCOC(=O)[C@]1(c2cc(F)c([N+](=O)[O-])cc2[N+](=O)[O-])CCCC1=O. The number of carbonyl (C=O) groups excluding carboxylic acids is 2. The van der Waals surface area contributed by atoms with Gasteiger partial charge in [-0.15, -0.1) is 0 Å². The van der Waals surface area contributed by atoms with Crippen LogP contribution in [0, 0.1) is 26.0 Å². The Bertz CT molecular complexity index is 749. The molecule has 1 aliphatic rings. The summed E-state index contributed by atoms with van der Waals surface area (Å²) in [6.07, 6.45) is 0.171. The smallest absolute Gasteiger partial charge is 0.324 e. The van der Waals surface area contributed by atoms with Gasteiger partial charge in [-0.3, -0.25) is 29.8 Å². The molecule has 0 radical (unpaired) electrons. The van der Waals surface area contributed by atoms with Gasteiger partial charge in [0.05, 0.1) is 28.1 Å². The third-order valence-corrected chi connectivity index (χ3v) is 3.97. The summed E-state index contributed by atoms with van der Waals surface area (Å²) in [4.78, 5) is 44.7. The second-order valence-corrected chi connectivity index (χ2v) is 5.24. The van der Waals surface area contributed by atoms with Crippen molar-refractivity contribution in [3.63, 3.8) is 0 Å². The Kier molecular flexibility index (Phi) is 4.58. The molecule has 1 fully saturated rings. The molecule has 0 heterocycles. The third kappa shape index (κ3) is 2.59. The maximum absolute atomic E-state index is 14.0. The fourth-order valence-electron chi connectivity index (χ4n) is 2.92. The summed E-state index contributed by atoms with van der Waals surface area (Å²) >= 11 is 0. The number of ether oxygens (including phenoxy) is 1. The van der Waals surface area contributed by atoms with Crippen LogP contribution < -0.4 is 0 Å². The quantitative estimate of drug-likeness (QED) is 0.347. The minimum absolute atomic E-state index is 0.0193. The topological polar surface area (TPSA) is 130 Å². The van der Waals surface area contributed by atoms with Crippen molar-refractivity contribution in [3.05, 3.63) is 43.7 Å². The molecule has 9 nitrogen and oxygen atoms in total. The van der Waals surface area contributed by atoms with Crippen LogP contribution in [0.3, 0.4) is 0 Å². The third-order valence-electron chi connectivity index (χ3n) is 3.97. The minimum Gasteiger partial charge on any atom is -0.465 e. The van der Waals surface area contributed by atoms with Gasteiger partial charge in [-0.1, -0.05) is 0 Å². The first kappa shape index (κ1) is 17.4. The fraction of sp³-hybridized carbons (Fsp3) is 0.429. The van der Waals surface area contributed by atoms with Crippen LogP contribution in [0.2, 0.25) is 0 Å². The highest BCUT2D eigenvalue weighted by Gasteiger charge is 2.55. The van der Waals surface area contributed by atoms with Crippen LogP contribution >= 0.6 is 0 Å². The molecule has 1 aliphatic carbocycles. The number of nitro groups is 2. The number of Topliss-reactive ketones (excluding diaryl/α,β-unsaturated/α-hetero) is 1. The first-order valence-corrected chi connectivity index (χ1v) is 7.09. The normalized spacial score (nSPS) is 20.0. The van der Waals surface area contributed by atoms with Crippen molar-refractivity contribution in [1.29, 1.82) is 0 Å². The number of esters is 1. The van der Waals surface area contributed by atoms with E-state index in [1.807, 2.05) is 0 Å². The van der Waals surface area contributed by atoms with Gasteiger partial charge >= 0.3 is 11.7 Å². The Balaban J connectivity index is 2.77. The van der Waals surface area contributed by atoms with Crippen molar-refractivity contribution in [3.8, 4) is 0 Å². The van der Waals surface area contributed by atoms with Crippen molar-refractivity contribution in [2.75, 3.05) is 6.61 Å². The molecule has 0 aliphatic heterocycles. The Hall–Kier alpha value is -2.91. The van der Waals surface area contributed by atoms with Crippen LogP contribution in [-0.2, 0) is 19.7 Å². The van der Waals surface area contributed by atoms with E-state index < -0.39 is 49.8 Å². The van der Waals surface area contributed by atoms with Gasteiger partial charge in [0.1, 0.15) is 0 Å². The van der Waals surface area contributed by atoms with E-state index in [0.29, 0.717) is 12.1 Å². The molecule has 0 bridgehead atoms. The van der Waals surface area contributed by atoms with E-state index >= 15 is 0 Å². The van der Waals surface area contributed by atoms with Crippen LogP contribution in [0.1, 0.15) is 31.7 Å². The van der Waals surface area contributed by atoms with Gasteiger partial charge in [-0.25, -0.2) is 0 Å². The average molecular weight is 340 g/mol. The number of hydrogen-bond acceptors (Lipinski definition) is 7. The molecular formula is C14H13FN2O7. The molecule has 2 rings (SSSR count). The first-order chi connectivity index (χ1) is 11.3. The van der Waals surface area contributed by atoms with E-state index in [1.54, 1.807) is 0 Å². The van der Waals surface area contributed by atoms with Gasteiger partial charge in [0.15, 0.2) is 11.2 Å². The molecule has 1 atom stereocenters. The maximum Gasteiger partial charge on any atom is 0.324 e. The van der Waals surface area contributed by atoms with Gasteiger partial charge in [0.2, 0.25) is 5.82 Å². The lowest BCUT2D eigenvalue weighted by molar-refractivity contribution is -0.396. The summed E-state index contributed by atoms with van der Waals surface area (Å²) < 4.78 is 18.9. The summed E-state index contributed by atoms with van der Waals surface area (Å²) in [6, 6.07) is 0.952. The van der Waals surface area contributed by atoms with Crippen molar-refractivity contribution in [2.24, 2.45) is 0 Å². The predicted molar refractivity (Wildman–Crippen MR) is 76.9 cm³/mol. The number of ketones is 1. The Labute approximate surface area is 134 Å². The van der Waals surface area contributed by atoms with Gasteiger partial charge in [0, 0.05) is 6.42 Å². The highest BCUT2D eigenvalue weighted by atomic mass is 19.1. The van der Waals surface area contributed by atoms with Crippen LogP contribution in [0.4, 0.5) is 15.8 Å². The number of halogens is 1. The summed E-state index contributed by atoms with van der Waals surface area (Å²) in [7, 11) is 0. The molecule has 1 aromatic carbocycles. The summed E-state index contributed by atoms with van der Waals surface area (Å²) in [5.74, 6) is -3.00. The Morgan fingerprint density at radius 2 is 1.92 bits per heavy atom. The van der Waals surface area contributed by atoms with E-state index in [4.69, 9.17) is 4.74 Å². The first-order valence-electron chi connectivity index (χ1n) is 7.09. The zero-order valence-corrected chi connectivity index (χ0v) is 12.6. The highest BCUT2D eigenvalue weighted by molar-refractivity contribution is 6.11. The van der Waals surface area contributed by atoms with Gasteiger partial charge < -0.3 is 4.74 Å². The molecule has 128 valence electrons. The molecule has 1 saturated carbocycles. The number of nitro benzene ring substituents is 2. The van der Waals surface area contributed by atoms with Crippen molar-refractivity contribution in [1.82, 2.24) is 0 Å². The summed E-state index contributed by atoms with van der Waals surface area (Å²) in [5, 5.41) is 22.1. The molecule has 0 aromatic heterocycles. The molecule has 10 heteroatoms. The second-order valence-electron chi connectivity index (χ2n) is 5.24. The number of carbonyl (C=O) groups is 2. The van der Waals surface area contributed by atoms with Crippen molar-refractivity contribution >= 4 is 23.1 Å². The molecule has 1 aromatic rings. The zero-order chi connectivity index (χ0) is 18.1. The van der Waals surface area contributed by atoms with Crippen LogP contribution in [0.5, 0.6) is 0 Å². The van der Waals surface area contributed by atoms with E-state index in [-0.39, 0.29) is 25.9 Å². The lowest BCUT2D eigenvalue weighted by Gasteiger charge is -2.25. The van der Waals surface area contributed by atoms with Crippen LogP contribution in [-0.4, -0.2) is 28.2 Å². The van der Waals surface area contributed by atoms with E-state index in [1.165, 1.54) is 6.92 Å². The maximum atomic E-state index is 14.0. The Morgan fingerprint density at radius 1 is 1.29 bits per heavy atom. The molecule has 0 spiro atoms. The van der Waals surface area contributed by atoms with Gasteiger partial charge in [0.25, 0.3) is 5.69 Å². The molecule has 0 unspecified atom stereocenters. The fourth-order valence-corrected chi connectivity index (χ4v) is 2.92. The van der Waals surface area contributed by atoms with Gasteiger partial charge in [-0.2, -0.15) is 4.39 Å². The lowest BCUT2D eigenvalue weighted by Crippen LogP contribution is -2.42. The molecule has 24 heavy (non-hydrogen) atoms. The number of nitrogens with zero attached hydrogens (tertiary/aromatic N) is 2. The number of rotatable bonds is 5. The summed E-state index contributed by atoms with van der Waals surface area (Å²) in [6.45, 7) is 1.42. The van der Waals surface area contributed by atoms with Crippen molar-refractivity contribution in [2.45, 2.75) is 31.6 Å². The van der Waals surface area contributed by atoms with Gasteiger partial charge in [-0.05, 0) is 25.8 Å². The molecule has 0 amide bonds. The molecule has 0 N–H and O–H groups in total. The summed E-state index contributed by atoms with van der Waals surface area (Å²) in [5.41, 5.74) is -4.47. The van der Waals surface area contributed by atoms with E-state index in [9.17, 15) is 34.2 Å². The van der Waals surface area contributed by atoms with E-state index in [2.05, 4.69) is 0 Å². The van der Waals surface area contributed by atoms with Crippen molar-refractivity contribution < 1.29 is 28.6 Å². The molecular weight excluding hydrogens is 327 g/mol. The minimum atomic E-state index is -2.01. The predicted octanol–water partition coefficient (Wildman–Crippen LogP) is 2.20. The average Bonchev–Trinajstić information content (AvgIpc) is 2.89. The Morgan fingerprint density at radius 3 is 2.38 bits per heavy atom. The molecule has 0 saturated heterocycles. The van der Waals surface area contributed by atoms with Crippen LogP contribution in [0.15, 0.2) is 12.1 Å². The number of benzene rings is 1. The van der Waals surface area contributed by atoms with Crippen LogP contribution in [0.25, 0.3) is 0 Å². The number of hydrogen-bond donors (Lipinski definition) is 0.